The highest BCUT2D eigenvalue weighted by Crippen LogP contribution is 2.17. The van der Waals surface area contributed by atoms with Gasteiger partial charge in [0.1, 0.15) is 0 Å². The Bertz CT molecular complexity index is 390. The van der Waals surface area contributed by atoms with Crippen LogP contribution in [0.1, 0.15) is 0 Å². The fourth-order valence-corrected chi connectivity index (χ4v) is 1.07. The summed E-state index contributed by atoms with van der Waals surface area (Å²) in [6.07, 6.45) is 0. The van der Waals surface area contributed by atoms with Gasteiger partial charge in [0, 0.05) is 5.39 Å². The quantitative estimate of drug-likeness (QED) is 0.529. The molecule has 0 bridgehead atoms. The van der Waals surface area contributed by atoms with Crippen LogP contribution in [0.15, 0.2) is 24.3 Å². The first-order valence-electron chi connectivity index (χ1n) is 3.27. The molecule has 11 heavy (non-hydrogen) atoms. The monoisotopic (exact) mass is 148 g/mol. The van der Waals surface area contributed by atoms with Gasteiger partial charge in [0.25, 0.3) is 0 Å². The van der Waals surface area contributed by atoms with E-state index in [4.69, 9.17) is 11.6 Å². The fraction of sp³-hybridized carbons (Fsp3) is 0. The van der Waals surface area contributed by atoms with Gasteiger partial charge in [-0.25, -0.2) is 0 Å². The summed E-state index contributed by atoms with van der Waals surface area (Å²) in [6, 6.07) is 7.56. The first-order valence-corrected chi connectivity index (χ1v) is 3.27. The predicted molar refractivity (Wildman–Crippen MR) is 44.3 cm³/mol. The van der Waals surface area contributed by atoms with Crippen LogP contribution in [-0.2, 0) is 0 Å². The van der Waals surface area contributed by atoms with Gasteiger partial charge in [-0.1, -0.05) is 12.1 Å². The van der Waals surface area contributed by atoms with E-state index in [9.17, 15) is 0 Å². The van der Waals surface area contributed by atoms with Gasteiger partial charge in [-0.05, 0) is 12.1 Å². The van der Waals surface area contributed by atoms with Crippen LogP contribution in [0.3, 0.4) is 0 Å². The lowest BCUT2D eigenvalue weighted by Crippen LogP contribution is -2.12. The maximum Gasteiger partial charge on any atom is 0.152 e. The molecule has 0 saturated carbocycles. The van der Waals surface area contributed by atoms with Gasteiger partial charge in [-0.15, -0.1) is 0 Å². The highest BCUT2D eigenvalue weighted by molar-refractivity contribution is 5.88. The van der Waals surface area contributed by atoms with Gasteiger partial charge in [0.05, 0.1) is 5.52 Å². The lowest BCUT2D eigenvalue weighted by molar-refractivity contribution is 0.858. The fourth-order valence-electron chi connectivity index (χ4n) is 1.07. The van der Waals surface area contributed by atoms with Crippen LogP contribution in [0.5, 0.6) is 0 Å². The van der Waals surface area contributed by atoms with E-state index >= 15 is 0 Å². The third kappa shape index (κ3) is 0.724. The second-order valence-electron chi connectivity index (χ2n) is 2.35. The van der Waals surface area contributed by atoms with E-state index < -0.39 is 0 Å². The summed E-state index contributed by atoms with van der Waals surface area (Å²) in [5, 5.41) is 4.88. The Balaban J connectivity index is 2.92. The van der Waals surface area contributed by atoms with E-state index in [1.54, 1.807) is 0 Å². The van der Waals surface area contributed by atoms with Crippen LogP contribution < -0.4 is 11.6 Å². The summed E-state index contributed by atoms with van der Waals surface area (Å²) in [7, 11) is 0. The molecule has 0 aliphatic rings. The normalized spacial score (nSPS) is 10.5. The number of hydrogen-bond acceptors (Lipinski definition) is 3. The van der Waals surface area contributed by atoms with Crippen molar-refractivity contribution in [1.29, 1.82) is 0 Å². The summed E-state index contributed by atoms with van der Waals surface area (Å²) >= 11 is 0. The number of fused-ring (bicyclic) bond motifs is 1. The number of hydrogen-bond donors (Lipinski definition) is 2. The van der Waals surface area contributed by atoms with Gasteiger partial charge in [-0.3, -0.25) is 0 Å². The van der Waals surface area contributed by atoms with Gasteiger partial charge in [-0.2, -0.15) is 9.89 Å². The molecule has 0 fully saturated rings. The maximum atomic E-state index is 5.61. The summed E-state index contributed by atoms with van der Waals surface area (Å²) in [5.74, 6) is 5.93. The van der Waals surface area contributed by atoms with Crippen molar-refractivity contribution in [3.8, 4) is 0 Å². The van der Waals surface area contributed by atoms with Crippen molar-refractivity contribution >= 4 is 16.7 Å². The molecule has 0 aliphatic carbocycles. The number of rotatable bonds is 0. The predicted octanol–water partition coefficient (Wildman–Crippen LogP) is 0.332. The molecule has 1 aromatic carbocycles. The second kappa shape index (κ2) is 1.88. The molecule has 4 heteroatoms. The first kappa shape index (κ1) is 6.03. The van der Waals surface area contributed by atoms with E-state index in [0.717, 1.165) is 10.9 Å². The average Bonchev–Trinajstić information content (AvgIpc) is 2.30. The SMILES string of the molecule is Nc1c2ccccc2nn1N. The van der Waals surface area contributed by atoms with Crippen molar-refractivity contribution in [1.82, 2.24) is 9.89 Å². The van der Waals surface area contributed by atoms with Crippen molar-refractivity contribution in [2.45, 2.75) is 0 Å². The smallest absolute Gasteiger partial charge is 0.152 e. The van der Waals surface area contributed by atoms with Crippen LogP contribution in [0.4, 0.5) is 5.82 Å². The molecule has 1 heterocycles. The Hall–Kier alpha value is -1.71. The van der Waals surface area contributed by atoms with Gasteiger partial charge >= 0.3 is 0 Å². The van der Waals surface area contributed by atoms with Gasteiger partial charge in [0.2, 0.25) is 0 Å². The topological polar surface area (TPSA) is 69.9 Å². The first-order chi connectivity index (χ1) is 5.29. The molecule has 2 rings (SSSR count). The van der Waals surface area contributed by atoms with Crippen molar-refractivity contribution in [2.24, 2.45) is 0 Å². The van der Waals surface area contributed by atoms with Gasteiger partial charge in [0.15, 0.2) is 5.82 Å². The zero-order valence-electron chi connectivity index (χ0n) is 5.86. The largest absolute Gasteiger partial charge is 0.382 e. The molecule has 0 aliphatic heterocycles. The molecule has 0 unspecified atom stereocenters. The molecule has 4 N–H and O–H groups in total. The van der Waals surface area contributed by atoms with E-state index in [2.05, 4.69) is 5.10 Å². The minimum Gasteiger partial charge on any atom is -0.382 e. The number of aromatic nitrogens is 2. The maximum absolute atomic E-state index is 5.61. The molecule has 0 spiro atoms. The molecule has 4 nitrogen and oxygen atoms in total. The molecule has 0 amide bonds. The Kier molecular flexibility index (Phi) is 1.03. The molecule has 2 aromatic rings. The van der Waals surface area contributed by atoms with E-state index in [1.165, 1.54) is 4.79 Å². The Labute approximate surface area is 63.4 Å². The highest BCUT2D eigenvalue weighted by Gasteiger charge is 2.02. The number of nitrogen functional groups attached to an aromatic ring is 2. The van der Waals surface area contributed by atoms with Crippen LogP contribution in [0.25, 0.3) is 10.9 Å². The molecule has 56 valence electrons. The summed E-state index contributed by atoms with van der Waals surface area (Å²) < 4.78 is 0. The van der Waals surface area contributed by atoms with Crippen LogP contribution >= 0.6 is 0 Å². The number of anilines is 1. The lowest BCUT2D eigenvalue weighted by atomic mass is 10.2. The minimum absolute atomic E-state index is 0.501. The molecule has 0 atom stereocenters. The molecular formula is C7H8N4. The van der Waals surface area contributed by atoms with Crippen LogP contribution in [0.2, 0.25) is 0 Å². The highest BCUT2D eigenvalue weighted by atomic mass is 15.5. The standard InChI is InChI=1S/C7H8N4/c8-7-5-3-1-2-4-6(5)10-11(7)9/h1-4H,8-9H2. The zero-order valence-corrected chi connectivity index (χ0v) is 5.86. The third-order valence-electron chi connectivity index (χ3n) is 1.64. The molecule has 0 saturated heterocycles. The number of nitrogens with two attached hydrogens (primary N) is 2. The van der Waals surface area contributed by atoms with Crippen LogP contribution in [-0.4, -0.2) is 9.89 Å². The van der Waals surface area contributed by atoms with Crippen LogP contribution in [0, 0.1) is 0 Å². The van der Waals surface area contributed by atoms with E-state index in [0.29, 0.717) is 5.82 Å². The van der Waals surface area contributed by atoms with Crippen molar-refractivity contribution in [3.63, 3.8) is 0 Å². The second-order valence-corrected chi connectivity index (χ2v) is 2.35. The molecule has 1 aromatic heterocycles. The summed E-state index contributed by atoms with van der Waals surface area (Å²) in [5.41, 5.74) is 6.44. The number of benzene rings is 1. The van der Waals surface area contributed by atoms with E-state index in [-0.39, 0.29) is 0 Å². The van der Waals surface area contributed by atoms with Crippen molar-refractivity contribution in [3.05, 3.63) is 24.3 Å². The zero-order chi connectivity index (χ0) is 7.84. The molecular weight excluding hydrogens is 140 g/mol. The molecule has 0 radical (unpaired) electrons. The third-order valence-corrected chi connectivity index (χ3v) is 1.64. The van der Waals surface area contributed by atoms with Crippen molar-refractivity contribution < 1.29 is 0 Å². The van der Waals surface area contributed by atoms with E-state index in [1.807, 2.05) is 24.3 Å². The average molecular weight is 148 g/mol. The lowest BCUT2D eigenvalue weighted by Gasteiger charge is -1.90. The summed E-state index contributed by atoms with van der Waals surface area (Å²) in [6.45, 7) is 0. The summed E-state index contributed by atoms with van der Waals surface area (Å²) in [4.78, 5) is 1.19. The minimum atomic E-state index is 0.501. The van der Waals surface area contributed by atoms with Gasteiger partial charge < -0.3 is 11.6 Å². The Morgan fingerprint density at radius 2 is 2.00 bits per heavy atom. The Morgan fingerprint density at radius 1 is 1.27 bits per heavy atom. The van der Waals surface area contributed by atoms with Crippen molar-refractivity contribution in [2.75, 3.05) is 11.6 Å². The number of nitrogens with zero attached hydrogens (tertiary/aromatic N) is 2. The Morgan fingerprint density at radius 3 is 2.73 bits per heavy atom.